The van der Waals surface area contributed by atoms with Crippen LogP contribution in [-0.4, -0.2) is 26.1 Å². The van der Waals surface area contributed by atoms with Crippen LogP contribution in [0, 0.1) is 14.9 Å². The van der Waals surface area contributed by atoms with Crippen LogP contribution in [-0.2, 0) is 16.1 Å². The first-order chi connectivity index (χ1) is 16.8. The van der Waals surface area contributed by atoms with Gasteiger partial charge in [-0.2, -0.15) is 5.26 Å². The lowest BCUT2D eigenvalue weighted by molar-refractivity contribution is -0.112. The highest BCUT2D eigenvalue weighted by molar-refractivity contribution is 14.1. The zero-order valence-electron chi connectivity index (χ0n) is 18.8. The minimum absolute atomic E-state index is 0.0940. The fraction of sp³-hybridized carbons (Fsp3) is 0.115. The molecule has 0 saturated carbocycles. The minimum Gasteiger partial charge on any atom is -0.493 e. The number of anilines is 1. The van der Waals surface area contributed by atoms with E-state index in [0.717, 1.165) is 13.6 Å². The normalized spacial score (nSPS) is 10.8. The van der Waals surface area contributed by atoms with Crippen LogP contribution in [0.25, 0.3) is 6.08 Å². The molecule has 178 valence electrons. The number of ether oxygens (including phenoxy) is 3. The van der Waals surface area contributed by atoms with Gasteiger partial charge in [0.1, 0.15) is 18.2 Å². The third-order valence-electron chi connectivity index (χ3n) is 4.79. The molecule has 0 unspecified atom stereocenters. The Morgan fingerprint density at radius 3 is 2.37 bits per heavy atom. The fourth-order valence-electron chi connectivity index (χ4n) is 3.02. The Kier molecular flexibility index (Phi) is 9.28. The highest BCUT2D eigenvalue weighted by Crippen LogP contribution is 2.35. The molecule has 0 atom stereocenters. The maximum Gasteiger partial charge on any atom is 0.337 e. The smallest absolute Gasteiger partial charge is 0.337 e. The third kappa shape index (κ3) is 7.07. The number of nitrogens with zero attached hydrogens (tertiary/aromatic N) is 1. The molecule has 0 spiro atoms. The van der Waals surface area contributed by atoms with Crippen molar-refractivity contribution >= 4 is 62.2 Å². The summed E-state index contributed by atoms with van der Waals surface area (Å²) in [5, 5.41) is 12.2. The highest BCUT2D eigenvalue weighted by Gasteiger charge is 2.15. The van der Waals surface area contributed by atoms with Crippen molar-refractivity contribution in [1.29, 1.82) is 5.26 Å². The number of hydrogen-bond acceptors (Lipinski definition) is 6. The van der Waals surface area contributed by atoms with Crippen molar-refractivity contribution in [1.82, 2.24) is 0 Å². The van der Waals surface area contributed by atoms with E-state index in [2.05, 4.69) is 48.6 Å². The number of hydrogen-bond donors (Lipinski definition) is 1. The van der Waals surface area contributed by atoms with Gasteiger partial charge in [0.15, 0.2) is 11.5 Å². The number of methoxy groups -OCH3 is 2. The molecule has 3 rings (SSSR count). The van der Waals surface area contributed by atoms with E-state index in [-0.39, 0.29) is 5.57 Å². The van der Waals surface area contributed by atoms with E-state index in [1.54, 1.807) is 24.3 Å². The molecule has 0 aliphatic carbocycles. The van der Waals surface area contributed by atoms with Crippen LogP contribution in [0.3, 0.4) is 0 Å². The quantitative estimate of drug-likeness (QED) is 0.140. The summed E-state index contributed by atoms with van der Waals surface area (Å²) >= 11 is 5.54. The van der Waals surface area contributed by atoms with Crippen molar-refractivity contribution in [2.45, 2.75) is 6.61 Å². The molecule has 0 fully saturated rings. The predicted molar refractivity (Wildman–Crippen MR) is 144 cm³/mol. The molecule has 0 aliphatic heterocycles. The van der Waals surface area contributed by atoms with E-state index < -0.39 is 11.9 Å². The summed E-state index contributed by atoms with van der Waals surface area (Å²) in [6.45, 7) is 0.357. The van der Waals surface area contributed by atoms with E-state index in [9.17, 15) is 14.9 Å². The van der Waals surface area contributed by atoms with Gasteiger partial charge in [-0.25, -0.2) is 4.79 Å². The Bertz CT molecular complexity index is 1300. The van der Waals surface area contributed by atoms with Crippen molar-refractivity contribution in [3.8, 4) is 17.6 Å². The van der Waals surface area contributed by atoms with Crippen molar-refractivity contribution in [2.24, 2.45) is 0 Å². The summed E-state index contributed by atoms with van der Waals surface area (Å²) in [5.41, 5.74) is 2.30. The topological polar surface area (TPSA) is 97.7 Å². The molecule has 0 heterocycles. The number of nitrogens with one attached hydrogen (secondary N) is 1. The molecule has 7 nitrogen and oxygen atoms in total. The first kappa shape index (κ1) is 26.2. The van der Waals surface area contributed by atoms with Gasteiger partial charge >= 0.3 is 5.97 Å². The average molecular weight is 647 g/mol. The second-order valence-corrected chi connectivity index (χ2v) is 9.22. The molecular weight excluding hydrogens is 627 g/mol. The number of esters is 1. The first-order valence-electron chi connectivity index (χ1n) is 10.2. The van der Waals surface area contributed by atoms with Gasteiger partial charge in [0, 0.05) is 10.2 Å². The molecule has 9 heteroatoms. The number of benzene rings is 3. The molecule has 0 radical (unpaired) electrons. The summed E-state index contributed by atoms with van der Waals surface area (Å²) in [6, 6.07) is 19.4. The Balaban J connectivity index is 1.77. The van der Waals surface area contributed by atoms with Crippen LogP contribution in [0.15, 0.2) is 70.7 Å². The number of nitriles is 1. The number of rotatable bonds is 8. The van der Waals surface area contributed by atoms with E-state index in [0.29, 0.717) is 34.9 Å². The van der Waals surface area contributed by atoms with Crippen LogP contribution in [0.4, 0.5) is 5.69 Å². The summed E-state index contributed by atoms with van der Waals surface area (Å²) in [6.07, 6.45) is 1.47. The van der Waals surface area contributed by atoms with Crippen LogP contribution in [0.5, 0.6) is 11.5 Å². The Morgan fingerprint density at radius 2 is 1.77 bits per heavy atom. The van der Waals surface area contributed by atoms with Gasteiger partial charge in [-0.05, 0) is 88.3 Å². The Morgan fingerprint density at radius 1 is 1.09 bits per heavy atom. The SMILES string of the molecule is COC(=O)c1ccc(NC(=O)/C(C#N)=C/c2cc(I)c(OCc3ccc(Br)cc3)c(OC)c2)cc1. The number of carbonyl (C=O) groups is 2. The molecule has 0 aromatic heterocycles. The van der Waals surface area contributed by atoms with Crippen molar-refractivity contribution < 1.29 is 23.8 Å². The second-order valence-electron chi connectivity index (χ2n) is 7.14. The van der Waals surface area contributed by atoms with Gasteiger partial charge in [0.2, 0.25) is 0 Å². The van der Waals surface area contributed by atoms with E-state index in [1.807, 2.05) is 30.3 Å². The first-order valence-corrected chi connectivity index (χ1v) is 12.1. The van der Waals surface area contributed by atoms with E-state index in [4.69, 9.17) is 9.47 Å². The van der Waals surface area contributed by atoms with Gasteiger partial charge < -0.3 is 19.5 Å². The van der Waals surface area contributed by atoms with Crippen LogP contribution in [0.2, 0.25) is 0 Å². The molecule has 0 saturated heterocycles. The second kappa shape index (κ2) is 12.4. The average Bonchev–Trinajstić information content (AvgIpc) is 2.87. The highest BCUT2D eigenvalue weighted by atomic mass is 127. The van der Waals surface area contributed by atoms with Crippen molar-refractivity contribution in [2.75, 3.05) is 19.5 Å². The molecule has 3 aromatic rings. The Labute approximate surface area is 225 Å². The molecule has 0 bridgehead atoms. The molecule has 0 aliphatic rings. The summed E-state index contributed by atoms with van der Waals surface area (Å²) in [7, 11) is 2.82. The standard InChI is InChI=1S/C26H20BrIN2O5/c1-33-23-13-17(12-22(28)24(23)35-15-16-3-7-20(27)8-4-16)11-19(14-29)25(31)30-21-9-5-18(6-10-21)26(32)34-2/h3-13H,15H2,1-2H3,(H,30,31)/b19-11+. The third-order valence-corrected chi connectivity index (χ3v) is 6.12. The minimum atomic E-state index is -0.581. The number of carbonyl (C=O) groups excluding carboxylic acids is 2. The van der Waals surface area contributed by atoms with Gasteiger partial charge in [-0.15, -0.1) is 0 Å². The molecule has 1 N–H and O–H groups in total. The van der Waals surface area contributed by atoms with Gasteiger partial charge in [-0.1, -0.05) is 28.1 Å². The van der Waals surface area contributed by atoms with Crippen molar-refractivity contribution in [3.05, 3.63) is 91.0 Å². The van der Waals surface area contributed by atoms with E-state index >= 15 is 0 Å². The summed E-state index contributed by atoms with van der Waals surface area (Å²) in [4.78, 5) is 24.2. The van der Waals surface area contributed by atoms with Crippen molar-refractivity contribution in [3.63, 3.8) is 0 Å². The van der Waals surface area contributed by atoms with Crippen LogP contribution < -0.4 is 14.8 Å². The molecular formula is C26H20BrIN2O5. The lowest BCUT2D eigenvalue weighted by Gasteiger charge is -2.14. The monoisotopic (exact) mass is 646 g/mol. The summed E-state index contributed by atoms with van der Waals surface area (Å²) < 4.78 is 17.9. The maximum atomic E-state index is 12.7. The molecule has 3 aromatic carbocycles. The van der Waals surface area contributed by atoms with Crippen LogP contribution >= 0.6 is 38.5 Å². The van der Waals surface area contributed by atoms with Gasteiger partial charge in [0.25, 0.3) is 5.91 Å². The Hall–Kier alpha value is -3.36. The molecule has 35 heavy (non-hydrogen) atoms. The fourth-order valence-corrected chi connectivity index (χ4v) is 4.07. The van der Waals surface area contributed by atoms with Gasteiger partial charge in [-0.3, -0.25) is 4.79 Å². The summed E-state index contributed by atoms with van der Waals surface area (Å²) in [5.74, 6) is -0.00524. The van der Waals surface area contributed by atoms with Crippen LogP contribution in [0.1, 0.15) is 21.5 Å². The zero-order chi connectivity index (χ0) is 25.4. The predicted octanol–water partition coefficient (Wildman–Crippen LogP) is 5.97. The largest absolute Gasteiger partial charge is 0.493 e. The zero-order valence-corrected chi connectivity index (χ0v) is 22.5. The maximum absolute atomic E-state index is 12.7. The number of halogens is 2. The lowest BCUT2D eigenvalue weighted by atomic mass is 10.1. The van der Waals surface area contributed by atoms with E-state index in [1.165, 1.54) is 32.4 Å². The molecule has 1 amide bonds. The number of amides is 1. The van der Waals surface area contributed by atoms with Gasteiger partial charge in [0.05, 0.1) is 23.4 Å². The lowest BCUT2D eigenvalue weighted by Crippen LogP contribution is -2.13.